The number of ketones is 1. The molecule has 1 aliphatic rings. The number of rotatable bonds is 7. The molecule has 3 rings (SSSR count). The Morgan fingerprint density at radius 2 is 1.81 bits per heavy atom. The average molecular weight is 392 g/mol. The van der Waals surface area contributed by atoms with Crippen molar-refractivity contribution in [1.82, 2.24) is 4.90 Å². The van der Waals surface area contributed by atoms with Gasteiger partial charge < -0.3 is 0 Å². The molecule has 0 N–H and O–H groups in total. The lowest BCUT2D eigenvalue weighted by Gasteiger charge is -2.25. The van der Waals surface area contributed by atoms with E-state index in [1.165, 1.54) is 21.9 Å². The smallest absolute Gasteiger partial charge is 0.138 e. The third-order valence-corrected chi connectivity index (χ3v) is 5.41. The van der Waals surface area contributed by atoms with Gasteiger partial charge in [-0.3, -0.25) is 9.69 Å². The van der Waals surface area contributed by atoms with Gasteiger partial charge in [-0.15, -0.1) is 12.4 Å². The first kappa shape index (κ1) is 20.7. The summed E-state index contributed by atoms with van der Waals surface area (Å²) in [6, 6.07) is 16.6. The van der Waals surface area contributed by atoms with Crippen molar-refractivity contribution >= 4 is 30.0 Å². The Kier molecular flexibility index (Phi) is 8.36. The molecule has 5 heteroatoms. The SMILES string of the molecule is Cl.O=C(CCN1CC=C(Sc2ccccc2)CC1)Cc1ccc(F)cc1. The molecule has 138 valence electrons. The summed E-state index contributed by atoms with van der Waals surface area (Å²) in [5.74, 6) is -0.0551. The summed E-state index contributed by atoms with van der Waals surface area (Å²) in [6.07, 6.45) is 4.24. The van der Waals surface area contributed by atoms with Crippen LogP contribution in [-0.2, 0) is 11.2 Å². The summed E-state index contributed by atoms with van der Waals surface area (Å²) in [4.78, 5) is 17.1. The van der Waals surface area contributed by atoms with Gasteiger partial charge in [0.1, 0.15) is 11.6 Å². The van der Waals surface area contributed by atoms with Crippen molar-refractivity contribution in [3.05, 3.63) is 77.0 Å². The van der Waals surface area contributed by atoms with Crippen LogP contribution in [0.25, 0.3) is 0 Å². The standard InChI is InChI=1S/C21H22FNOS.ClH/c22-18-8-6-17(7-9-18)16-19(24)10-13-23-14-11-21(12-15-23)25-20-4-2-1-3-5-20;/h1-9,11H,10,12-16H2;1H. The van der Waals surface area contributed by atoms with Gasteiger partial charge in [-0.05, 0) is 41.2 Å². The van der Waals surface area contributed by atoms with Crippen molar-refractivity contribution in [3.8, 4) is 0 Å². The lowest BCUT2D eigenvalue weighted by molar-refractivity contribution is -0.118. The van der Waals surface area contributed by atoms with Crippen LogP contribution in [0.4, 0.5) is 4.39 Å². The highest BCUT2D eigenvalue weighted by Crippen LogP contribution is 2.30. The molecule has 1 aliphatic heterocycles. The molecule has 2 aromatic carbocycles. The highest BCUT2D eigenvalue weighted by molar-refractivity contribution is 8.03. The highest BCUT2D eigenvalue weighted by Gasteiger charge is 2.14. The second-order valence-corrected chi connectivity index (χ2v) is 7.43. The minimum absolute atomic E-state index is 0. The van der Waals surface area contributed by atoms with Gasteiger partial charge in [0.2, 0.25) is 0 Å². The van der Waals surface area contributed by atoms with Gasteiger partial charge in [0.25, 0.3) is 0 Å². The maximum atomic E-state index is 12.9. The number of hydrogen-bond acceptors (Lipinski definition) is 3. The molecule has 0 unspecified atom stereocenters. The molecule has 0 amide bonds. The number of hydrogen-bond donors (Lipinski definition) is 0. The van der Waals surface area contributed by atoms with E-state index in [2.05, 4.69) is 35.2 Å². The lowest BCUT2D eigenvalue weighted by atomic mass is 10.1. The molecular formula is C21H23ClFNOS. The van der Waals surface area contributed by atoms with Gasteiger partial charge in [-0.25, -0.2) is 4.39 Å². The molecule has 0 atom stereocenters. The Morgan fingerprint density at radius 1 is 1.08 bits per heavy atom. The van der Waals surface area contributed by atoms with Crippen molar-refractivity contribution in [2.75, 3.05) is 19.6 Å². The summed E-state index contributed by atoms with van der Waals surface area (Å²) >= 11 is 1.83. The molecule has 2 nitrogen and oxygen atoms in total. The topological polar surface area (TPSA) is 20.3 Å². The average Bonchev–Trinajstić information content (AvgIpc) is 2.64. The first-order chi connectivity index (χ1) is 12.2. The number of halogens is 2. The first-order valence-electron chi connectivity index (χ1n) is 8.59. The predicted octanol–water partition coefficient (Wildman–Crippen LogP) is 5.13. The lowest BCUT2D eigenvalue weighted by Crippen LogP contribution is -2.30. The molecule has 0 saturated carbocycles. The predicted molar refractivity (Wildman–Crippen MR) is 108 cm³/mol. The van der Waals surface area contributed by atoms with E-state index in [0.717, 1.165) is 31.6 Å². The van der Waals surface area contributed by atoms with Gasteiger partial charge in [-0.2, -0.15) is 0 Å². The van der Waals surface area contributed by atoms with E-state index >= 15 is 0 Å². The van der Waals surface area contributed by atoms with Crippen LogP contribution >= 0.6 is 24.2 Å². The van der Waals surface area contributed by atoms with Crippen molar-refractivity contribution in [3.63, 3.8) is 0 Å². The monoisotopic (exact) mass is 391 g/mol. The van der Waals surface area contributed by atoms with Crippen LogP contribution < -0.4 is 0 Å². The molecule has 2 aromatic rings. The Labute approximate surface area is 164 Å². The van der Waals surface area contributed by atoms with E-state index in [4.69, 9.17) is 0 Å². The molecule has 0 saturated heterocycles. The fourth-order valence-electron chi connectivity index (χ4n) is 2.83. The molecule has 1 heterocycles. The van der Waals surface area contributed by atoms with Crippen LogP contribution in [0.1, 0.15) is 18.4 Å². The second kappa shape index (κ2) is 10.5. The van der Waals surface area contributed by atoms with Crippen LogP contribution in [-0.4, -0.2) is 30.3 Å². The van der Waals surface area contributed by atoms with E-state index in [1.807, 2.05) is 17.8 Å². The van der Waals surface area contributed by atoms with Crippen LogP contribution in [0.15, 0.2) is 70.5 Å². The molecule has 0 radical (unpaired) electrons. The Balaban J connectivity index is 0.00000243. The molecule has 0 aromatic heterocycles. The zero-order chi connectivity index (χ0) is 17.5. The summed E-state index contributed by atoms with van der Waals surface area (Å²) in [7, 11) is 0. The van der Waals surface area contributed by atoms with E-state index in [0.29, 0.717) is 12.8 Å². The number of nitrogens with zero attached hydrogens (tertiary/aromatic N) is 1. The van der Waals surface area contributed by atoms with Gasteiger partial charge in [0.05, 0.1) is 0 Å². The van der Waals surface area contributed by atoms with Crippen LogP contribution in [0.3, 0.4) is 0 Å². The molecule has 26 heavy (non-hydrogen) atoms. The number of carbonyl (C=O) groups excluding carboxylic acids is 1. The number of thioether (sulfide) groups is 1. The van der Waals surface area contributed by atoms with Gasteiger partial charge >= 0.3 is 0 Å². The number of Topliss-reactive ketones (excluding diaryl/α,β-unsaturated/α-hetero) is 1. The van der Waals surface area contributed by atoms with Crippen molar-refractivity contribution < 1.29 is 9.18 Å². The summed E-state index contributed by atoms with van der Waals surface area (Å²) < 4.78 is 12.9. The van der Waals surface area contributed by atoms with Crippen LogP contribution in [0.2, 0.25) is 0 Å². The molecule has 0 spiro atoms. The fourth-order valence-corrected chi connectivity index (χ4v) is 3.78. The fraction of sp³-hybridized carbons (Fsp3) is 0.286. The minimum atomic E-state index is -0.263. The van der Waals surface area contributed by atoms with Gasteiger partial charge in [0.15, 0.2) is 0 Å². The van der Waals surface area contributed by atoms with Crippen molar-refractivity contribution in [2.24, 2.45) is 0 Å². The summed E-state index contributed by atoms with van der Waals surface area (Å²) in [5, 5.41) is 0. The van der Waals surface area contributed by atoms with Gasteiger partial charge in [0, 0.05) is 37.4 Å². The number of carbonyl (C=O) groups is 1. The molecule has 0 fully saturated rings. The molecular weight excluding hydrogens is 369 g/mol. The van der Waals surface area contributed by atoms with Crippen LogP contribution in [0, 0.1) is 5.82 Å². The third kappa shape index (κ3) is 6.60. The van der Waals surface area contributed by atoms with Crippen molar-refractivity contribution in [2.45, 2.75) is 24.2 Å². The third-order valence-electron chi connectivity index (χ3n) is 4.27. The zero-order valence-corrected chi connectivity index (χ0v) is 16.2. The maximum absolute atomic E-state index is 12.9. The number of benzene rings is 2. The van der Waals surface area contributed by atoms with E-state index in [9.17, 15) is 9.18 Å². The molecule has 0 bridgehead atoms. The quantitative estimate of drug-likeness (QED) is 0.652. The largest absolute Gasteiger partial charge is 0.299 e. The maximum Gasteiger partial charge on any atom is 0.138 e. The first-order valence-corrected chi connectivity index (χ1v) is 9.41. The summed E-state index contributed by atoms with van der Waals surface area (Å²) in [5.41, 5.74) is 0.881. The normalized spacial score (nSPS) is 14.4. The Bertz CT molecular complexity index is 733. The highest BCUT2D eigenvalue weighted by atomic mass is 35.5. The van der Waals surface area contributed by atoms with E-state index < -0.39 is 0 Å². The second-order valence-electron chi connectivity index (χ2n) is 6.23. The van der Waals surface area contributed by atoms with E-state index in [-0.39, 0.29) is 24.0 Å². The Hall–Kier alpha value is -1.62. The van der Waals surface area contributed by atoms with Crippen molar-refractivity contribution in [1.29, 1.82) is 0 Å². The Morgan fingerprint density at radius 3 is 2.46 bits per heavy atom. The zero-order valence-electron chi connectivity index (χ0n) is 14.6. The van der Waals surface area contributed by atoms with Gasteiger partial charge in [-0.1, -0.05) is 48.2 Å². The summed E-state index contributed by atoms with van der Waals surface area (Å²) in [6.45, 7) is 2.69. The van der Waals surface area contributed by atoms with Crippen LogP contribution in [0.5, 0.6) is 0 Å². The minimum Gasteiger partial charge on any atom is -0.299 e. The van der Waals surface area contributed by atoms with E-state index in [1.54, 1.807) is 12.1 Å². The molecule has 0 aliphatic carbocycles.